The number of amides is 1. The summed E-state index contributed by atoms with van der Waals surface area (Å²) in [5.41, 5.74) is 0.349. The van der Waals surface area contributed by atoms with Crippen LogP contribution in [0.2, 0.25) is 0 Å². The van der Waals surface area contributed by atoms with E-state index in [9.17, 15) is 18.0 Å². The molecule has 0 aliphatic rings. The van der Waals surface area contributed by atoms with Crippen molar-refractivity contribution in [3.63, 3.8) is 0 Å². The molecule has 0 bridgehead atoms. The van der Waals surface area contributed by atoms with Gasteiger partial charge in [-0.05, 0) is 42.5 Å². The van der Waals surface area contributed by atoms with E-state index in [-0.39, 0.29) is 17.0 Å². The molecule has 0 aliphatic carbocycles. The lowest BCUT2D eigenvalue weighted by molar-refractivity contribution is -0.124. The number of ether oxygens (including phenoxy) is 2. The second-order valence-electron chi connectivity index (χ2n) is 5.53. The summed E-state index contributed by atoms with van der Waals surface area (Å²) in [5, 5.41) is 2.46. The van der Waals surface area contributed by atoms with E-state index in [0.717, 1.165) is 0 Å². The molecule has 8 nitrogen and oxygen atoms in total. The molecule has 2 aromatic carbocycles. The maximum atomic E-state index is 12.5. The summed E-state index contributed by atoms with van der Waals surface area (Å²) in [5.74, 6) is -0.710. The van der Waals surface area contributed by atoms with Crippen molar-refractivity contribution >= 4 is 27.6 Å². The Morgan fingerprint density at radius 1 is 1.14 bits per heavy atom. The molecule has 28 heavy (non-hydrogen) atoms. The third-order valence-corrected chi connectivity index (χ3v) is 4.88. The molecule has 2 rings (SSSR count). The Morgan fingerprint density at radius 3 is 2.50 bits per heavy atom. The molecule has 0 spiro atoms. The number of hydrogen-bond donors (Lipinski definition) is 2. The van der Waals surface area contributed by atoms with Gasteiger partial charge in [0, 0.05) is 12.2 Å². The van der Waals surface area contributed by atoms with E-state index in [1.807, 2.05) is 0 Å². The Balaban J connectivity index is 2.08. The lowest BCUT2D eigenvalue weighted by Crippen LogP contribution is -2.28. The first-order valence-electron chi connectivity index (χ1n) is 8.17. The van der Waals surface area contributed by atoms with Crippen LogP contribution in [0.15, 0.2) is 66.1 Å². The minimum absolute atomic E-state index is 0.00845. The average Bonchev–Trinajstić information content (AvgIpc) is 2.70. The van der Waals surface area contributed by atoms with E-state index in [1.54, 1.807) is 24.3 Å². The maximum absolute atomic E-state index is 12.5. The summed E-state index contributed by atoms with van der Waals surface area (Å²) < 4.78 is 37.4. The largest absolute Gasteiger partial charge is 0.497 e. The van der Waals surface area contributed by atoms with Gasteiger partial charge in [0.1, 0.15) is 5.75 Å². The Morgan fingerprint density at radius 2 is 1.86 bits per heavy atom. The van der Waals surface area contributed by atoms with Crippen LogP contribution in [0.1, 0.15) is 10.4 Å². The monoisotopic (exact) mass is 404 g/mol. The van der Waals surface area contributed by atoms with Crippen LogP contribution in [-0.4, -0.2) is 40.6 Å². The van der Waals surface area contributed by atoms with Gasteiger partial charge >= 0.3 is 5.97 Å². The minimum Gasteiger partial charge on any atom is -0.497 e. The topological polar surface area (TPSA) is 111 Å². The van der Waals surface area contributed by atoms with Gasteiger partial charge in [0.25, 0.3) is 15.9 Å². The fourth-order valence-electron chi connectivity index (χ4n) is 2.11. The molecular formula is C19H20N2O6S. The predicted molar refractivity (Wildman–Crippen MR) is 104 cm³/mol. The molecule has 0 fully saturated rings. The highest BCUT2D eigenvalue weighted by atomic mass is 32.2. The lowest BCUT2D eigenvalue weighted by Gasteiger charge is -2.10. The Kier molecular flexibility index (Phi) is 7.16. The number of sulfonamides is 1. The van der Waals surface area contributed by atoms with Crippen molar-refractivity contribution in [2.45, 2.75) is 4.90 Å². The molecular weight excluding hydrogens is 384 g/mol. The Hall–Kier alpha value is -3.33. The third-order valence-electron chi connectivity index (χ3n) is 3.50. The molecule has 0 radical (unpaired) electrons. The SMILES string of the molecule is C=CCNC(=O)COC(=O)c1cccc(S(=O)(=O)Nc2ccc(OC)cc2)c1. The number of rotatable bonds is 9. The molecule has 2 N–H and O–H groups in total. The van der Waals surface area contributed by atoms with Gasteiger partial charge < -0.3 is 14.8 Å². The average molecular weight is 404 g/mol. The first kappa shape index (κ1) is 21.0. The maximum Gasteiger partial charge on any atom is 0.338 e. The van der Waals surface area contributed by atoms with Gasteiger partial charge in [-0.3, -0.25) is 9.52 Å². The van der Waals surface area contributed by atoms with E-state index in [4.69, 9.17) is 9.47 Å². The summed E-state index contributed by atoms with van der Waals surface area (Å²) in [7, 11) is -2.41. The van der Waals surface area contributed by atoms with Gasteiger partial charge in [0.2, 0.25) is 0 Å². The standard InChI is InChI=1S/C19H20N2O6S/c1-3-11-20-18(22)13-27-19(23)14-5-4-6-17(12-14)28(24,25)21-15-7-9-16(26-2)10-8-15/h3-10,12,21H,1,11,13H2,2H3,(H,20,22). The van der Waals surface area contributed by atoms with Crippen molar-refractivity contribution in [1.29, 1.82) is 0 Å². The van der Waals surface area contributed by atoms with Crippen molar-refractivity contribution in [3.8, 4) is 5.75 Å². The van der Waals surface area contributed by atoms with Crippen LogP contribution in [-0.2, 0) is 19.6 Å². The summed E-state index contributed by atoms with van der Waals surface area (Å²) in [6.45, 7) is 3.23. The molecule has 0 heterocycles. The van der Waals surface area contributed by atoms with E-state index in [1.165, 1.54) is 37.5 Å². The van der Waals surface area contributed by atoms with Gasteiger partial charge in [-0.25, -0.2) is 13.2 Å². The van der Waals surface area contributed by atoms with Crippen molar-refractivity contribution in [2.24, 2.45) is 0 Å². The Labute approximate surface area is 163 Å². The quantitative estimate of drug-likeness (QED) is 0.488. The van der Waals surface area contributed by atoms with Crippen LogP contribution in [0.3, 0.4) is 0 Å². The van der Waals surface area contributed by atoms with Crippen LogP contribution in [0, 0.1) is 0 Å². The smallest absolute Gasteiger partial charge is 0.338 e. The third kappa shape index (κ3) is 5.85. The predicted octanol–water partition coefficient (Wildman–Crippen LogP) is 1.95. The van der Waals surface area contributed by atoms with E-state index in [2.05, 4.69) is 16.6 Å². The van der Waals surface area contributed by atoms with Crippen molar-refractivity contribution in [2.75, 3.05) is 25.0 Å². The summed E-state index contributed by atoms with van der Waals surface area (Å²) >= 11 is 0. The van der Waals surface area contributed by atoms with Gasteiger partial charge in [0.05, 0.1) is 17.6 Å². The molecule has 0 saturated heterocycles. The number of hydrogen-bond acceptors (Lipinski definition) is 6. The first-order valence-corrected chi connectivity index (χ1v) is 9.65. The van der Waals surface area contributed by atoms with Gasteiger partial charge in [0.15, 0.2) is 6.61 Å². The van der Waals surface area contributed by atoms with Crippen molar-refractivity contribution in [1.82, 2.24) is 5.32 Å². The molecule has 0 saturated carbocycles. The molecule has 0 aliphatic heterocycles. The Bertz CT molecular complexity index is 955. The number of benzene rings is 2. The number of esters is 1. The summed E-state index contributed by atoms with van der Waals surface area (Å²) in [6, 6.07) is 11.7. The van der Waals surface area contributed by atoms with Crippen LogP contribution in [0.5, 0.6) is 5.75 Å². The van der Waals surface area contributed by atoms with Crippen LogP contribution in [0.4, 0.5) is 5.69 Å². The van der Waals surface area contributed by atoms with E-state index >= 15 is 0 Å². The highest BCUT2D eigenvalue weighted by Gasteiger charge is 2.18. The lowest BCUT2D eigenvalue weighted by atomic mass is 10.2. The molecule has 2 aromatic rings. The summed E-state index contributed by atoms with van der Waals surface area (Å²) in [4.78, 5) is 23.4. The number of anilines is 1. The van der Waals surface area contributed by atoms with Gasteiger partial charge in [-0.2, -0.15) is 0 Å². The van der Waals surface area contributed by atoms with Gasteiger partial charge in [-0.15, -0.1) is 6.58 Å². The second-order valence-corrected chi connectivity index (χ2v) is 7.21. The number of nitrogens with one attached hydrogen (secondary N) is 2. The first-order chi connectivity index (χ1) is 13.4. The van der Waals surface area contributed by atoms with E-state index in [0.29, 0.717) is 11.4 Å². The highest BCUT2D eigenvalue weighted by molar-refractivity contribution is 7.92. The molecule has 0 aromatic heterocycles. The van der Waals surface area contributed by atoms with Crippen LogP contribution in [0.25, 0.3) is 0 Å². The fraction of sp³-hybridized carbons (Fsp3) is 0.158. The molecule has 1 amide bonds. The number of carbonyl (C=O) groups excluding carboxylic acids is 2. The summed E-state index contributed by atoms with van der Waals surface area (Å²) in [6.07, 6.45) is 1.49. The zero-order valence-electron chi connectivity index (χ0n) is 15.2. The normalized spacial score (nSPS) is 10.6. The van der Waals surface area contributed by atoms with Crippen molar-refractivity contribution in [3.05, 3.63) is 66.7 Å². The zero-order valence-corrected chi connectivity index (χ0v) is 16.0. The highest BCUT2D eigenvalue weighted by Crippen LogP contribution is 2.20. The molecule has 9 heteroatoms. The fourth-order valence-corrected chi connectivity index (χ4v) is 3.22. The van der Waals surface area contributed by atoms with Crippen LogP contribution >= 0.6 is 0 Å². The van der Waals surface area contributed by atoms with Gasteiger partial charge in [-0.1, -0.05) is 12.1 Å². The zero-order chi connectivity index (χ0) is 20.6. The minimum atomic E-state index is -3.92. The second kappa shape index (κ2) is 9.56. The van der Waals surface area contributed by atoms with E-state index < -0.39 is 28.5 Å². The van der Waals surface area contributed by atoms with Crippen molar-refractivity contribution < 1.29 is 27.5 Å². The molecule has 0 atom stereocenters. The molecule has 148 valence electrons. The van der Waals surface area contributed by atoms with Crippen LogP contribution < -0.4 is 14.8 Å². The number of carbonyl (C=O) groups is 2. The number of methoxy groups -OCH3 is 1. The molecule has 0 unspecified atom stereocenters.